The molecule has 0 aliphatic carbocycles. The highest BCUT2D eigenvalue weighted by molar-refractivity contribution is 5.89. The Kier molecular flexibility index (Phi) is 1.97. The molecule has 0 spiro atoms. The molecule has 1 aromatic heterocycles. The van der Waals surface area contributed by atoms with Crippen LogP contribution in [0.15, 0.2) is 36.3 Å². The first-order valence-electron chi connectivity index (χ1n) is 6.19. The number of hydrogen-bond acceptors (Lipinski definition) is 4. The number of pyridine rings is 1. The molecule has 4 nitrogen and oxygen atoms in total. The van der Waals surface area contributed by atoms with Crippen LogP contribution < -0.4 is 10.3 Å². The average Bonchev–Trinajstić information content (AvgIpc) is 2.36. The van der Waals surface area contributed by atoms with Gasteiger partial charge in [-0.2, -0.15) is 0 Å². The molecule has 2 aliphatic rings. The van der Waals surface area contributed by atoms with Crippen molar-refractivity contribution in [2.45, 2.75) is 6.42 Å². The van der Waals surface area contributed by atoms with Crippen molar-refractivity contribution in [3.63, 3.8) is 0 Å². The third kappa shape index (κ3) is 1.35. The van der Waals surface area contributed by atoms with Gasteiger partial charge in [0.25, 0.3) is 0 Å². The van der Waals surface area contributed by atoms with Crippen molar-refractivity contribution in [2.75, 3.05) is 13.1 Å². The van der Waals surface area contributed by atoms with Gasteiger partial charge in [-0.05, 0) is 36.8 Å². The molecule has 3 heterocycles. The Morgan fingerprint density at radius 2 is 2.17 bits per heavy atom. The van der Waals surface area contributed by atoms with Crippen LogP contribution in [0.3, 0.4) is 0 Å². The van der Waals surface area contributed by atoms with E-state index in [9.17, 15) is 0 Å². The summed E-state index contributed by atoms with van der Waals surface area (Å²) in [7, 11) is 0. The summed E-state index contributed by atoms with van der Waals surface area (Å²) in [5, 5.41) is 1.04. The molecule has 0 bridgehead atoms. The lowest BCUT2D eigenvalue weighted by Gasteiger charge is -2.36. The molecule has 90 valence electrons. The standard InChI is InChI=1S/C14H13N3O/c1-3-11-12(15-6-1)5-4-10-9-13(16-18-14(10)11)17-7-2-8-17/h1,3-6,9,16H,2,7-8H2. The Bertz CT molecular complexity index is 647. The highest BCUT2D eigenvalue weighted by Crippen LogP contribution is 2.33. The van der Waals surface area contributed by atoms with Gasteiger partial charge in [-0.25, -0.2) is 5.48 Å². The second kappa shape index (κ2) is 3.63. The van der Waals surface area contributed by atoms with Crippen LogP contribution in [0.2, 0.25) is 0 Å². The molecule has 2 aromatic rings. The molecule has 0 unspecified atom stereocenters. The number of nitrogens with zero attached hydrogens (tertiary/aromatic N) is 2. The van der Waals surface area contributed by atoms with E-state index in [0.29, 0.717) is 0 Å². The summed E-state index contributed by atoms with van der Waals surface area (Å²) in [4.78, 5) is 12.3. The number of rotatable bonds is 1. The maximum absolute atomic E-state index is 5.71. The first-order chi connectivity index (χ1) is 8.92. The Labute approximate surface area is 105 Å². The summed E-state index contributed by atoms with van der Waals surface area (Å²) in [6.45, 7) is 2.21. The Hall–Kier alpha value is -2.23. The van der Waals surface area contributed by atoms with E-state index in [1.54, 1.807) is 6.20 Å². The molecule has 0 radical (unpaired) electrons. The summed E-state index contributed by atoms with van der Waals surface area (Å²) < 4.78 is 0. The van der Waals surface area contributed by atoms with E-state index >= 15 is 0 Å². The first-order valence-corrected chi connectivity index (χ1v) is 6.19. The Morgan fingerprint density at radius 3 is 3.00 bits per heavy atom. The highest BCUT2D eigenvalue weighted by atomic mass is 16.6. The normalized spacial score (nSPS) is 17.3. The summed E-state index contributed by atoms with van der Waals surface area (Å²) in [6, 6.07) is 8.06. The van der Waals surface area contributed by atoms with Crippen LogP contribution in [0.25, 0.3) is 17.0 Å². The van der Waals surface area contributed by atoms with Gasteiger partial charge in [0.15, 0.2) is 5.75 Å². The maximum Gasteiger partial charge on any atom is 0.171 e. The lowest BCUT2D eigenvalue weighted by Crippen LogP contribution is -2.43. The Morgan fingerprint density at radius 1 is 1.22 bits per heavy atom. The van der Waals surface area contributed by atoms with Gasteiger partial charge in [0.2, 0.25) is 0 Å². The minimum absolute atomic E-state index is 0.866. The van der Waals surface area contributed by atoms with Crippen LogP contribution in [-0.4, -0.2) is 23.0 Å². The number of benzene rings is 1. The summed E-state index contributed by atoms with van der Waals surface area (Å²) in [6.07, 6.45) is 5.20. The van der Waals surface area contributed by atoms with Gasteiger partial charge in [0.1, 0.15) is 5.82 Å². The minimum Gasteiger partial charge on any atom is -0.379 e. The van der Waals surface area contributed by atoms with Gasteiger partial charge >= 0.3 is 0 Å². The first kappa shape index (κ1) is 9.76. The number of nitrogens with one attached hydrogen (secondary N) is 1. The zero-order chi connectivity index (χ0) is 11.9. The van der Waals surface area contributed by atoms with Crippen LogP contribution >= 0.6 is 0 Å². The summed E-state index contributed by atoms with van der Waals surface area (Å²) in [5.74, 6) is 1.92. The van der Waals surface area contributed by atoms with Crippen LogP contribution in [0.4, 0.5) is 0 Å². The molecule has 0 atom stereocenters. The van der Waals surface area contributed by atoms with Gasteiger partial charge in [-0.1, -0.05) is 0 Å². The molecule has 1 aromatic carbocycles. The molecule has 1 N–H and O–H groups in total. The van der Waals surface area contributed by atoms with Gasteiger partial charge < -0.3 is 9.74 Å². The van der Waals surface area contributed by atoms with Crippen molar-refractivity contribution in [1.82, 2.24) is 15.4 Å². The monoisotopic (exact) mass is 239 g/mol. The molecule has 1 saturated heterocycles. The van der Waals surface area contributed by atoms with E-state index in [0.717, 1.165) is 41.1 Å². The average molecular weight is 239 g/mol. The predicted molar refractivity (Wildman–Crippen MR) is 69.7 cm³/mol. The Balaban J connectivity index is 1.85. The fourth-order valence-electron chi connectivity index (χ4n) is 2.36. The molecule has 4 rings (SSSR count). The van der Waals surface area contributed by atoms with Crippen molar-refractivity contribution >= 4 is 17.0 Å². The lowest BCUT2D eigenvalue weighted by molar-refractivity contribution is 0.137. The van der Waals surface area contributed by atoms with Gasteiger partial charge in [-0.15, -0.1) is 0 Å². The molecule has 1 fully saturated rings. The van der Waals surface area contributed by atoms with E-state index in [4.69, 9.17) is 4.84 Å². The molecule has 0 saturated carbocycles. The van der Waals surface area contributed by atoms with Crippen molar-refractivity contribution in [1.29, 1.82) is 0 Å². The van der Waals surface area contributed by atoms with E-state index in [2.05, 4.69) is 27.5 Å². The lowest BCUT2D eigenvalue weighted by atomic mass is 10.1. The van der Waals surface area contributed by atoms with Crippen LogP contribution in [-0.2, 0) is 0 Å². The van der Waals surface area contributed by atoms with Crippen LogP contribution in [0.5, 0.6) is 5.75 Å². The second-order valence-corrected chi connectivity index (χ2v) is 4.63. The number of hydroxylamine groups is 1. The van der Waals surface area contributed by atoms with Crippen molar-refractivity contribution in [3.05, 3.63) is 41.8 Å². The minimum atomic E-state index is 0.866. The second-order valence-electron chi connectivity index (χ2n) is 4.63. The molecule has 18 heavy (non-hydrogen) atoms. The van der Waals surface area contributed by atoms with Crippen LogP contribution in [0.1, 0.15) is 12.0 Å². The van der Waals surface area contributed by atoms with E-state index < -0.39 is 0 Å². The van der Waals surface area contributed by atoms with E-state index in [1.165, 1.54) is 6.42 Å². The van der Waals surface area contributed by atoms with Gasteiger partial charge in [-0.3, -0.25) is 4.98 Å². The van der Waals surface area contributed by atoms with Gasteiger partial charge in [0, 0.05) is 30.2 Å². The zero-order valence-electron chi connectivity index (χ0n) is 9.89. The number of aromatic nitrogens is 1. The number of hydrogen-bond donors (Lipinski definition) is 1. The van der Waals surface area contributed by atoms with Crippen molar-refractivity contribution in [2.24, 2.45) is 0 Å². The third-order valence-corrected chi connectivity index (χ3v) is 3.51. The smallest absolute Gasteiger partial charge is 0.171 e. The third-order valence-electron chi connectivity index (χ3n) is 3.51. The molecule has 0 amide bonds. The van der Waals surface area contributed by atoms with Crippen molar-refractivity contribution in [3.8, 4) is 5.75 Å². The maximum atomic E-state index is 5.71. The molecular weight excluding hydrogens is 226 g/mol. The largest absolute Gasteiger partial charge is 0.379 e. The number of likely N-dealkylation sites (tertiary alicyclic amines) is 1. The zero-order valence-corrected chi connectivity index (χ0v) is 9.89. The summed E-state index contributed by atoms with van der Waals surface area (Å²) >= 11 is 0. The van der Waals surface area contributed by atoms with Crippen LogP contribution in [0, 0.1) is 0 Å². The van der Waals surface area contributed by atoms with Gasteiger partial charge in [0.05, 0.1) is 5.52 Å². The molecule has 4 heteroatoms. The molecular formula is C14H13N3O. The predicted octanol–water partition coefficient (Wildman–Crippen LogP) is 2.14. The fourth-order valence-corrected chi connectivity index (χ4v) is 2.36. The van der Waals surface area contributed by atoms with E-state index in [-0.39, 0.29) is 0 Å². The highest BCUT2D eigenvalue weighted by Gasteiger charge is 2.22. The number of fused-ring (bicyclic) bond motifs is 3. The van der Waals surface area contributed by atoms with E-state index in [1.807, 2.05) is 18.2 Å². The SMILES string of the molecule is C1=C(N2CCC2)NOc2c1ccc1ncccc21. The molecule has 2 aliphatic heterocycles. The van der Waals surface area contributed by atoms with Crippen molar-refractivity contribution < 1.29 is 4.84 Å². The fraction of sp³-hybridized carbons (Fsp3) is 0.214. The topological polar surface area (TPSA) is 37.4 Å². The quantitative estimate of drug-likeness (QED) is 0.827. The summed E-state index contributed by atoms with van der Waals surface area (Å²) in [5.41, 5.74) is 5.09.